The highest BCUT2D eigenvalue weighted by Crippen LogP contribution is 2.55. The van der Waals surface area contributed by atoms with Gasteiger partial charge in [0.2, 0.25) is 0 Å². The van der Waals surface area contributed by atoms with Crippen molar-refractivity contribution < 1.29 is 19.8 Å². The zero-order valence-electron chi connectivity index (χ0n) is 20.0. The summed E-state index contributed by atoms with van der Waals surface area (Å²) in [5.74, 6) is -2.85. The second-order valence-electron chi connectivity index (χ2n) is 8.78. The van der Waals surface area contributed by atoms with E-state index in [9.17, 15) is 19.8 Å². The summed E-state index contributed by atoms with van der Waals surface area (Å²) in [6, 6.07) is 0. The zero-order chi connectivity index (χ0) is 22.7. The molecule has 1 aliphatic carbocycles. The third-order valence-corrected chi connectivity index (χ3v) is 6.76. The molecule has 2 atom stereocenters. The number of hydrogen-bond donors (Lipinski definition) is 2. The first-order valence-corrected chi connectivity index (χ1v) is 12.3. The molecule has 0 saturated carbocycles. The van der Waals surface area contributed by atoms with Crippen molar-refractivity contribution in [2.45, 2.75) is 118 Å². The SMILES string of the molecule is CCCCC1=C(CCCC)C(CCCC)(C(=O)O)C(C(=O)O)C(CCCC)=C1CC. The Morgan fingerprint density at radius 3 is 1.77 bits per heavy atom. The lowest BCUT2D eigenvalue weighted by atomic mass is 9.56. The highest BCUT2D eigenvalue weighted by Gasteiger charge is 2.56. The Labute approximate surface area is 183 Å². The van der Waals surface area contributed by atoms with E-state index in [1.54, 1.807) is 0 Å². The van der Waals surface area contributed by atoms with Gasteiger partial charge in [0, 0.05) is 0 Å². The van der Waals surface area contributed by atoms with Gasteiger partial charge < -0.3 is 10.2 Å². The van der Waals surface area contributed by atoms with Gasteiger partial charge in [0.15, 0.2) is 0 Å². The summed E-state index contributed by atoms with van der Waals surface area (Å²) in [4.78, 5) is 25.7. The van der Waals surface area contributed by atoms with Gasteiger partial charge >= 0.3 is 11.9 Å². The van der Waals surface area contributed by atoms with Gasteiger partial charge in [0.25, 0.3) is 0 Å². The lowest BCUT2D eigenvalue weighted by molar-refractivity contribution is -0.159. The van der Waals surface area contributed by atoms with Crippen molar-refractivity contribution in [2.24, 2.45) is 11.3 Å². The lowest BCUT2D eigenvalue weighted by Gasteiger charge is -2.45. The lowest BCUT2D eigenvalue weighted by Crippen LogP contribution is -2.48. The largest absolute Gasteiger partial charge is 0.481 e. The molecule has 0 heterocycles. The number of allylic oxidation sites excluding steroid dienone is 2. The van der Waals surface area contributed by atoms with Crippen molar-refractivity contribution in [3.63, 3.8) is 0 Å². The van der Waals surface area contributed by atoms with E-state index in [0.717, 1.165) is 80.9 Å². The Balaban J connectivity index is 3.93. The molecule has 0 amide bonds. The van der Waals surface area contributed by atoms with E-state index in [4.69, 9.17) is 0 Å². The smallest absolute Gasteiger partial charge is 0.315 e. The summed E-state index contributed by atoms with van der Waals surface area (Å²) in [5.41, 5.74) is 2.88. The Morgan fingerprint density at radius 1 is 0.767 bits per heavy atom. The van der Waals surface area contributed by atoms with Crippen LogP contribution in [0.4, 0.5) is 0 Å². The van der Waals surface area contributed by atoms with Crippen LogP contribution in [0, 0.1) is 11.3 Å². The number of carboxylic acids is 2. The number of carbonyl (C=O) groups is 2. The number of aliphatic carboxylic acids is 2. The van der Waals surface area contributed by atoms with E-state index >= 15 is 0 Å². The molecule has 4 heteroatoms. The van der Waals surface area contributed by atoms with Crippen LogP contribution in [0.3, 0.4) is 0 Å². The van der Waals surface area contributed by atoms with Gasteiger partial charge in [0.05, 0.1) is 5.92 Å². The molecule has 172 valence electrons. The maximum Gasteiger partial charge on any atom is 0.315 e. The second kappa shape index (κ2) is 13.0. The molecule has 0 bridgehead atoms. The fraction of sp³-hybridized carbons (Fsp3) is 0.769. The minimum Gasteiger partial charge on any atom is -0.481 e. The first-order valence-electron chi connectivity index (χ1n) is 12.3. The van der Waals surface area contributed by atoms with Crippen molar-refractivity contribution in [3.8, 4) is 0 Å². The summed E-state index contributed by atoms with van der Waals surface area (Å²) < 4.78 is 0. The molecule has 0 aromatic rings. The van der Waals surface area contributed by atoms with Crippen LogP contribution in [0.5, 0.6) is 0 Å². The molecule has 1 rings (SSSR count). The molecule has 0 aromatic heterocycles. The number of hydrogen-bond acceptors (Lipinski definition) is 2. The van der Waals surface area contributed by atoms with Crippen molar-refractivity contribution in [1.29, 1.82) is 0 Å². The third-order valence-electron chi connectivity index (χ3n) is 6.76. The van der Waals surface area contributed by atoms with E-state index in [2.05, 4.69) is 27.7 Å². The maximum atomic E-state index is 13.0. The van der Waals surface area contributed by atoms with Gasteiger partial charge in [-0.1, -0.05) is 72.3 Å². The summed E-state index contributed by atoms with van der Waals surface area (Å²) in [6.45, 7) is 10.5. The molecule has 0 spiro atoms. The molecule has 0 saturated heterocycles. The van der Waals surface area contributed by atoms with E-state index in [1.807, 2.05) is 6.92 Å². The Kier molecular flexibility index (Phi) is 11.4. The van der Waals surface area contributed by atoms with Crippen LogP contribution in [0.2, 0.25) is 0 Å². The summed E-state index contributed by atoms with van der Waals surface area (Å²) in [6.07, 6.45) is 10.8. The quantitative estimate of drug-likeness (QED) is 0.287. The minimum atomic E-state index is -1.30. The molecule has 0 aromatic carbocycles. The van der Waals surface area contributed by atoms with Gasteiger partial charge in [0.1, 0.15) is 5.41 Å². The molecule has 4 nitrogen and oxygen atoms in total. The van der Waals surface area contributed by atoms with Gasteiger partial charge in [-0.15, -0.1) is 0 Å². The second-order valence-corrected chi connectivity index (χ2v) is 8.78. The normalized spacial score (nSPS) is 22.0. The molecule has 1 aliphatic rings. The van der Waals surface area contributed by atoms with E-state index in [0.29, 0.717) is 19.3 Å². The predicted molar refractivity (Wildman–Crippen MR) is 124 cm³/mol. The van der Waals surface area contributed by atoms with Crippen molar-refractivity contribution >= 4 is 11.9 Å². The first kappa shape index (κ1) is 26.5. The fourth-order valence-corrected chi connectivity index (χ4v) is 5.25. The average molecular weight is 421 g/mol. The Morgan fingerprint density at radius 2 is 1.30 bits per heavy atom. The molecule has 30 heavy (non-hydrogen) atoms. The average Bonchev–Trinajstić information content (AvgIpc) is 2.72. The topological polar surface area (TPSA) is 74.6 Å². The molecule has 0 aliphatic heterocycles. The van der Waals surface area contributed by atoms with Gasteiger partial charge in [-0.25, -0.2) is 0 Å². The van der Waals surface area contributed by atoms with Crippen molar-refractivity contribution in [2.75, 3.05) is 0 Å². The fourth-order valence-electron chi connectivity index (χ4n) is 5.25. The number of rotatable bonds is 15. The molecule has 0 fully saturated rings. The Hall–Kier alpha value is -1.58. The van der Waals surface area contributed by atoms with Crippen LogP contribution in [-0.4, -0.2) is 22.2 Å². The third kappa shape index (κ3) is 5.56. The summed E-state index contributed by atoms with van der Waals surface area (Å²) in [7, 11) is 0. The predicted octanol–water partition coefficient (Wildman–Crippen LogP) is 7.54. The standard InChI is InChI=1S/C26H44O4/c1-6-11-15-20-19(10-5)21(16-12-7-2)23(24(27)28)26(25(29)30,18-14-9-4)22(20)17-13-8-3/h23H,6-18H2,1-5H3,(H,27,28)(H,29,30). The van der Waals surface area contributed by atoms with E-state index < -0.39 is 23.3 Å². The Bertz CT molecular complexity index is 643. The maximum absolute atomic E-state index is 13.0. The van der Waals surface area contributed by atoms with Gasteiger partial charge in [-0.3, -0.25) is 9.59 Å². The molecule has 2 N–H and O–H groups in total. The molecule has 0 radical (unpaired) electrons. The van der Waals surface area contributed by atoms with Crippen LogP contribution >= 0.6 is 0 Å². The van der Waals surface area contributed by atoms with E-state index in [-0.39, 0.29) is 0 Å². The summed E-state index contributed by atoms with van der Waals surface area (Å²) >= 11 is 0. The van der Waals surface area contributed by atoms with E-state index in [1.165, 1.54) is 5.57 Å². The number of carboxylic acid groups (broad SMARTS) is 2. The monoisotopic (exact) mass is 420 g/mol. The van der Waals surface area contributed by atoms with Crippen molar-refractivity contribution in [3.05, 3.63) is 22.3 Å². The molecular formula is C26H44O4. The summed E-state index contributed by atoms with van der Waals surface area (Å²) in [5, 5.41) is 21.0. The number of unbranched alkanes of at least 4 members (excludes halogenated alkanes) is 4. The van der Waals surface area contributed by atoms with Crippen molar-refractivity contribution in [1.82, 2.24) is 0 Å². The molecule has 2 unspecified atom stereocenters. The molecular weight excluding hydrogens is 376 g/mol. The van der Waals surface area contributed by atoms with Crippen LogP contribution in [0.15, 0.2) is 22.3 Å². The van der Waals surface area contributed by atoms with Crippen LogP contribution in [0.25, 0.3) is 0 Å². The zero-order valence-corrected chi connectivity index (χ0v) is 20.0. The highest BCUT2D eigenvalue weighted by molar-refractivity contribution is 5.90. The van der Waals surface area contributed by atoms with Gasteiger partial charge in [-0.05, 0) is 68.1 Å². The van der Waals surface area contributed by atoms with Gasteiger partial charge in [-0.2, -0.15) is 0 Å². The van der Waals surface area contributed by atoms with Crippen LogP contribution in [-0.2, 0) is 9.59 Å². The van der Waals surface area contributed by atoms with Crippen LogP contribution in [0.1, 0.15) is 118 Å². The van der Waals surface area contributed by atoms with Crippen LogP contribution < -0.4 is 0 Å². The first-order chi connectivity index (χ1) is 14.4. The highest BCUT2D eigenvalue weighted by atomic mass is 16.4. The minimum absolute atomic E-state index is 0.414.